The maximum atomic E-state index is 5.98. The van der Waals surface area contributed by atoms with Gasteiger partial charge in [0.05, 0.1) is 6.10 Å². The predicted molar refractivity (Wildman–Crippen MR) is 83.9 cm³/mol. The van der Waals surface area contributed by atoms with Crippen LogP contribution in [0, 0.1) is 5.92 Å². The maximum Gasteiger partial charge on any atom is 0.188 e. The molecule has 0 amide bonds. The molecule has 2 aliphatic rings. The number of rotatable bonds is 5. The van der Waals surface area contributed by atoms with Crippen molar-refractivity contribution in [2.24, 2.45) is 16.6 Å². The van der Waals surface area contributed by atoms with Crippen molar-refractivity contribution >= 4 is 5.96 Å². The van der Waals surface area contributed by atoms with Gasteiger partial charge >= 0.3 is 0 Å². The van der Waals surface area contributed by atoms with Crippen molar-refractivity contribution < 1.29 is 4.74 Å². The highest BCUT2D eigenvalue weighted by molar-refractivity contribution is 5.78. The average Bonchev–Trinajstić information content (AvgIpc) is 2.49. The molecule has 0 unspecified atom stereocenters. The minimum absolute atomic E-state index is 0.493. The van der Waals surface area contributed by atoms with Gasteiger partial charge in [-0.3, -0.25) is 4.99 Å². The molecule has 0 atom stereocenters. The predicted octanol–water partition coefficient (Wildman–Crippen LogP) is 2.82. The van der Waals surface area contributed by atoms with Gasteiger partial charge in [0.1, 0.15) is 0 Å². The molecule has 4 nitrogen and oxygen atoms in total. The topological polar surface area (TPSA) is 59.6 Å². The molecule has 4 heteroatoms. The van der Waals surface area contributed by atoms with E-state index in [1.54, 1.807) is 0 Å². The molecule has 20 heavy (non-hydrogen) atoms. The van der Waals surface area contributed by atoms with E-state index >= 15 is 0 Å². The Labute approximate surface area is 123 Å². The van der Waals surface area contributed by atoms with Crippen LogP contribution in [0.4, 0.5) is 0 Å². The second-order valence-electron chi connectivity index (χ2n) is 6.41. The largest absolute Gasteiger partial charge is 0.381 e. The van der Waals surface area contributed by atoms with Crippen LogP contribution in [0.3, 0.4) is 0 Å². The highest BCUT2D eigenvalue weighted by Gasteiger charge is 2.20. The SMILES string of the molecule is COC1CCC(CCN=C(N)NC2CCCCC2)CC1. The van der Waals surface area contributed by atoms with Gasteiger partial charge < -0.3 is 15.8 Å². The third-order valence-electron chi connectivity index (χ3n) is 4.90. The fourth-order valence-electron chi connectivity index (χ4n) is 3.53. The summed E-state index contributed by atoms with van der Waals surface area (Å²) in [5.41, 5.74) is 5.98. The van der Waals surface area contributed by atoms with E-state index in [-0.39, 0.29) is 0 Å². The van der Waals surface area contributed by atoms with E-state index in [1.807, 2.05) is 7.11 Å². The van der Waals surface area contributed by atoms with Crippen LogP contribution in [-0.4, -0.2) is 31.8 Å². The Morgan fingerprint density at radius 1 is 1.10 bits per heavy atom. The highest BCUT2D eigenvalue weighted by atomic mass is 16.5. The Hall–Kier alpha value is -0.770. The molecular weight excluding hydrogens is 250 g/mol. The smallest absolute Gasteiger partial charge is 0.188 e. The van der Waals surface area contributed by atoms with Gasteiger partial charge in [0, 0.05) is 19.7 Å². The molecule has 0 aromatic heterocycles. The van der Waals surface area contributed by atoms with Crippen LogP contribution in [0.25, 0.3) is 0 Å². The van der Waals surface area contributed by atoms with Crippen molar-refractivity contribution in [3.05, 3.63) is 0 Å². The van der Waals surface area contributed by atoms with E-state index in [0.29, 0.717) is 18.1 Å². The van der Waals surface area contributed by atoms with Crippen molar-refractivity contribution in [1.82, 2.24) is 5.32 Å². The first-order valence-corrected chi connectivity index (χ1v) is 8.37. The molecule has 0 aliphatic heterocycles. The van der Waals surface area contributed by atoms with Crippen LogP contribution in [0.5, 0.6) is 0 Å². The van der Waals surface area contributed by atoms with E-state index in [9.17, 15) is 0 Å². The first kappa shape index (κ1) is 15.6. The summed E-state index contributed by atoms with van der Waals surface area (Å²) in [7, 11) is 1.83. The number of nitrogens with zero attached hydrogens (tertiary/aromatic N) is 1. The van der Waals surface area contributed by atoms with Crippen LogP contribution in [0.2, 0.25) is 0 Å². The van der Waals surface area contributed by atoms with Crippen molar-refractivity contribution in [3.8, 4) is 0 Å². The van der Waals surface area contributed by atoms with Gasteiger partial charge in [0.2, 0.25) is 0 Å². The minimum atomic E-state index is 0.493. The van der Waals surface area contributed by atoms with Crippen LogP contribution >= 0.6 is 0 Å². The summed E-state index contributed by atoms with van der Waals surface area (Å²) in [5, 5.41) is 3.38. The maximum absolute atomic E-state index is 5.98. The fourth-order valence-corrected chi connectivity index (χ4v) is 3.53. The number of hydrogen-bond donors (Lipinski definition) is 2. The molecule has 0 saturated heterocycles. The summed E-state index contributed by atoms with van der Waals surface area (Å²) in [6.07, 6.45) is 13.2. The molecule has 2 aliphatic carbocycles. The zero-order chi connectivity index (χ0) is 14.2. The third kappa shape index (κ3) is 5.31. The Morgan fingerprint density at radius 2 is 1.80 bits per heavy atom. The Bertz CT molecular complexity index is 292. The van der Waals surface area contributed by atoms with E-state index in [0.717, 1.165) is 12.5 Å². The van der Waals surface area contributed by atoms with Gasteiger partial charge in [-0.1, -0.05) is 19.3 Å². The quantitative estimate of drug-likeness (QED) is 0.602. The van der Waals surface area contributed by atoms with E-state index < -0.39 is 0 Å². The second kappa shape index (κ2) is 8.50. The summed E-state index contributed by atoms with van der Waals surface area (Å²) in [6, 6.07) is 0.560. The van der Waals surface area contributed by atoms with Gasteiger partial charge in [-0.25, -0.2) is 0 Å². The average molecular weight is 281 g/mol. The Morgan fingerprint density at radius 3 is 2.45 bits per heavy atom. The lowest BCUT2D eigenvalue weighted by atomic mass is 9.85. The van der Waals surface area contributed by atoms with Crippen LogP contribution < -0.4 is 11.1 Å². The molecule has 0 radical (unpaired) electrons. The molecule has 3 N–H and O–H groups in total. The fraction of sp³-hybridized carbons (Fsp3) is 0.938. The molecule has 0 heterocycles. The zero-order valence-electron chi connectivity index (χ0n) is 12.9. The van der Waals surface area contributed by atoms with E-state index in [1.165, 1.54) is 64.2 Å². The lowest BCUT2D eigenvalue weighted by Gasteiger charge is -2.27. The van der Waals surface area contributed by atoms with Crippen molar-refractivity contribution in [2.45, 2.75) is 76.4 Å². The molecule has 0 spiro atoms. The molecule has 0 aromatic rings. The monoisotopic (exact) mass is 281 g/mol. The number of ether oxygens (including phenoxy) is 1. The molecular formula is C16H31N3O. The lowest BCUT2D eigenvalue weighted by molar-refractivity contribution is 0.0559. The van der Waals surface area contributed by atoms with Gasteiger partial charge in [0.25, 0.3) is 0 Å². The number of nitrogens with one attached hydrogen (secondary N) is 1. The van der Waals surface area contributed by atoms with Crippen LogP contribution in [0.1, 0.15) is 64.2 Å². The van der Waals surface area contributed by atoms with E-state index in [4.69, 9.17) is 10.5 Å². The number of hydrogen-bond acceptors (Lipinski definition) is 2. The van der Waals surface area contributed by atoms with Crippen molar-refractivity contribution in [2.75, 3.05) is 13.7 Å². The Balaban J connectivity index is 1.60. The number of methoxy groups -OCH3 is 1. The first-order chi connectivity index (χ1) is 9.78. The zero-order valence-corrected chi connectivity index (χ0v) is 12.9. The summed E-state index contributed by atoms with van der Waals surface area (Å²) in [4.78, 5) is 4.50. The molecule has 0 aromatic carbocycles. The lowest BCUT2D eigenvalue weighted by Crippen LogP contribution is -2.41. The summed E-state index contributed by atoms with van der Waals surface area (Å²) in [6.45, 7) is 0.869. The molecule has 116 valence electrons. The summed E-state index contributed by atoms with van der Waals surface area (Å²) in [5.74, 6) is 1.47. The second-order valence-corrected chi connectivity index (χ2v) is 6.41. The minimum Gasteiger partial charge on any atom is -0.381 e. The molecule has 2 fully saturated rings. The van der Waals surface area contributed by atoms with Gasteiger partial charge in [-0.2, -0.15) is 0 Å². The molecule has 2 rings (SSSR count). The van der Waals surface area contributed by atoms with Crippen LogP contribution in [-0.2, 0) is 4.74 Å². The summed E-state index contributed by atoms with van der Waals surface area (Å²) < 4.78 is 5.41. The highest BCUT2D eigenvalue weighted by Crippen LogP contribution is 2.28. The van der Waals surface area contributed by atoms with Gasteiger partial charge in [-0.05, 0) is 50.9 Å². The first-order valence-electron chi connectivity index (χ1n) is 8.37. The normalized spacial score (nSPS) is 29.4. The van der Waals surface area contributed by atoms with Crippen LogP contribution in [0.15, 0.2) is 4.99 Å². The molecule has 2 saturated carbocycles. The standard InChI is InChI=1S/C16H31N3O/c1-20-15-9-7-13(8-10-15)11-12-18-16(17)19-14-5-3-2-4-6-14/h13-15H,2-12H2,1H3,(H3,17,18,19). The number of aliphatic imine (C=N–C) groups is 1. The third-order valence-corrected chi connectivity index (χ3v) is 4.90. The van der Waals surface area contributed by atoms with Gasteiger partial charge in [0.15, 0.2) is 5.96 Å². The number of nitrogens with two attached hydrogens (primary N) is 1. The van der Waals surface area contributed by atoms with E-state index in [2.05, 4.69) is 10.3 Å². The molecule has 0 bridgehead atoms. The van der Waals surface area contributed by atoms with Gasteiger partial charge in [-0.15, -0.1) is 0 Å². The Kier molecular flexibility index (Phi) is 6.64. The number of guanidine groups is 1. The van der Waals surface area contributed by atoms with Crippen molar-refractivity contribution in [1.29, 1.82) is 0 Å². The summed E-state index contributed by atoms with van der Waals surface area (Å²) >= 11 is 0. The van der Waals surface area contributed by atoms with Crippen molar-refractivity contribution in [3.63, 3.8) is 0 Å².